The molecule has 12 aromatic rings. The number of allylic oxidation sites excluding steroid dienone is 1. The summed E-state index contributed by atoms with van der Waals surface area (Å²) in [6.45, 7) is 35.0. The number of aromatic amines is 3. The number of fused-ring (bicyclic) bond motifs is 6. The molecule has 0 radical (unpaired) electrons. The van der Waals surface area contributed by atoms with Crippen molar-refractivity contribution in [2.45, 2.75) is 171 Å². The fourth-order valence-corrected chi connectivity index (χ4v) is 9.13. The summed E-state index contributed by atoms with van der Waals surface area (Å²) in [6, 6.07) is 26.7. The number of aromatic nitrogens is 16. The topological polar surface area (TPSA) is 219 Å². The van der Waals surface area contributed by atoms with Crippen LogP contribution < -0.4 is 0 Å². The fraction of sp³-hybridized carbons (Fsp3) is 0.356. The lowest BCUT2D eigenvalue weighted by molar-refractivity contribution is 0.546. The predicted octanol–water partition coefficient (Wildman–Crippen LogP) is 17.6. The monoisotopic (exact) mass is 1210 g/mol. The van der Waals surface area contributed by atoms with E-state index in [0.717, 1.165) is 80.1 Å². The number of pyridine rings is 7. The van der Waals surface area contributed by atoms with E-state index in [1.54, 1.807) is 24.8 Å². The van der Waals surface area contributed by atoms with Crippen LogP contribution in [0.2, 0.25) is 0 Å². The summed E-state index contributed by atoms with van der Waals surface area (Å²) in [5.41, 5.74) is 17.1. The summed E-state index contributed by atoms with van der Waals surface area (Å²) in [7, 11) is 0. The molecular formula is C73H91N17. The molecule has 3 N–H and O–H groups in total. The lowest BCUT2D eigenvalue weighted by Gasteiger charge is -2.05. The van der Waals surface area contributed by atoms with E-state index in [9.17, 15) is 0 Å². The average Bonchev–Trinajstić information content (AvgIpc) is 2.60. The van der Waals surface area contributed by atoms with Crippen LogP contribution in [0.1, 0.15) is 220 Å². The Morgan fingerprint density at radius 3 is 1.67 bits per heavy atom. The molecule has 0 fully saturated rings. The van der Waals surface area contributed by atoms with Crippen LogP contribution in [0.5, 0.6) is 0 Å². The molecule has 0 unspecified atom stereocenters. The highest BCUT2D eigenvalue weighted by atomic mass is 15.3. The molecule has 90 heavy (non-hydrogen) atoms. The summed E-state index contributed by atoms with van der Waals surface area (Å²) in [6.07, 6.45) is 29.5. The maximum absolute atomic E-state index is 4.40. The van der Waals surface area contributed by atoms with Gasteiger partial charge in [-0.15, -0.1) is 0 Å². The highest BCUT2D eigenvalue weighted by molar-refractivity contribution is 5.84. The van der Waals surface area contributed by atoms with Crippen LogP contribution in [0.3, 0.4) is 0 Å². The Morgan fingerprint density at radius 1 is 0.444 bits per heavy atom. The molecule has 17 nitrogen and oxygen atoms in total. The van der Waals surface area contributed by atoms with Gasteiger partial charge in [-0.05, 0) is 145 Å². The van der Waals surface area contributed by atoms with Gasteiger partial charge in [-0.25, -0.2) is 19.6 Å². The first kappa shape index (κ1) is 68.0. The van der Waals surface area contributed by atoms with E-state index in [1.807, 2.05) is 109 Å². The molecule has 0 bridgehead atoms. The van der Waals surface area contributed by atoms with E-state index >= 15 is 0 Å². The van der Waals surface area contributed by atoms with Crippen LogP contribution in [0.15, 0.2) is 164 Å². The molecule has 0 spiro atoms. The zero-order valence-electron chi connectivity index (χ0n) is 55.5. The van der Waals surface area contributed by atoms with Crippen molar-refractivity contribution in [2.24, 2.45) is 4.99 Å². The second-order valence-electron chi connectivity index (χ2n) is 24.5. The van der Waals surface area contributed by atoms with Gasteiger partial charge in [-0.1, -0.05) is 115 Å². The van der Waals surface area contributed by atoms with E-state index in [4.69, 9.17) is 0 Å². The van der Waals surface area contributed by atoms with Gasteiger partial charge in [0.15, 0.2) is 5.65 Å². The zero-order valence-corrected chi connectivity index (χ0v) is 55.5. The minimum Gasteiger partial charge on any atom is -0.360 e. The molecule has 0 atom stereocenters. The average molecular weight is 1210 g/mol. The summed E-state index contributed by atoms with van der Waals surface area (Å²) in [5, 5.41) is 21.7. The summed E-state index contributed by atoms with van der Waals surface area (Å²) in [5.74, 6) is 4.38. The fourth-order valence-electron chi connectivity index (χ4n) is 9.13. The van der Waals surface area contributed by atoms with E-state index < -0.39 is 0 Å². The molecule has 14 rings (SSSR count). The third-order valence-corrected chi connectivity index (χ3v) is 14.5. The molecular weight excluding hydrogens is 1110 g/mol. The van der Waals surface area contributed by atoms with Crippen molar-refractivity contribution < 1.29 is 0 Å². The lowest BCUT2D eigenvalue weighted by atomic mass is 10.1. The van der Waals surface area contributed by atoms with Crippen molar-refractivity contribution in [1.82, 2.24) is 80.0 Å². The molecule has 13 heterocycles. The van der Waals surface area contributed by atoms with Crippen molar-refractivity contribution in [3.63, 3.8) is 0 Å². The van der Waals surface area contributed by atoms with Crippen molar-refractivity contribution in [3.8, 4) is 0 Å². The Labute approximate surface area is 531 Å². The van der Waals surface area contributed by atoms with Crippen LogP contribution in [-0.4, -0.2) is 86.2 Å². The number of nitrogens with one attached hydrogen (secondary N) is 3. The van der Waals surface area contributed by atoms with Crippen LogP contribution in [-0.2, 0) is 13.0 Å². The quantitative estimate of drug-likeness (QED) is 0.129. The molecule has 12 aromatic heterocycles. The van der Waals surface area contributed by atoms with Crippen LogP contribution in [0.4, 0.5) is 0 Å². The second-order valence-corrected chi connectivity index (χ2v) is 24.5. The van der Waals surface area contributed by atoms with Gasteiger partial charge in [0.1, 0.15) is 16.9 Å². The van der Waals surface area contributed by atoms with Gasteiger partial charge in [-0.2, -0.15) is 15.3 Å². The number of nitrogens with zero attached hydrogens (tertiary/aromatic N) is 14. The van der Waals surface area contributed by atoms with Crippen molar-refractivity contribution in [1.29, 1.82) is 0 Å². The van der Waals surface area contributed by atoms with Crippen molar-refractivity contribution in [2.75, 3.05) is 0 Å². The molecule has 468 valence electrons. The number of H-pyrrole nitrogens is 3. The maximum Gasteiger partial charge on any atom is 0.157 e. The smallest absolute Gasteiger partial charge is 0.157 e. The summed E-state index contributed by atoms with van der Waals surface area (Å²) in [4.78, 5) is 45.6. The molecule has 1 aliphatic heterocycles. The highest BCUT2D eigenvalue weighted by Crippen LogP contribution is 2.24. The van der Waals surface area contributed by atoms with Gasteiger partial charge < -0.3 is 4.98 Å². The van der Waals surface area contributed by atoms with Gasteiger partial charge in [0.25, 0.3) is 0 Å². The Kier molecular flexibility index (Phi) is 25.5. The molecule has 17 heteroatoms. The Hall–Kier alpha value is -9.51. The molecule has 0 amide bonds. The van der Waals surface area contributed by atoms with Gasteiger partial charge in [0, 0.05) is 118 Å². The van der Waals surface area contributed by atoms with Crippen molar-refractivity contribution >= 4 is 56.2 Å². The Bertz CT molecular complexity index is 3860. The zero-order chi connectivity index (χ0) is 64.7. The molecule has 0 saturated heterocycles. The number of hydrogen-bond acceptors (Lipinski definition) is 13. The van der Waals surface area contributed by atoms with Crippen LogP contribution >= 0.6 is 0 Å². The third-order valence-electron chi connectivity index (χ3n) is 14.5. The van der Waals surface area contributed by atoms with Crippen LogP contribution in [0.25, 0.3) is 49.9 Å². The van der Waals surface area contributed by atoms with E-state index in [0.29, 0.717) is 47.5 Å². The third kappa shape index (κ3) is 19.7. The van der Waals surface area contributed by atoms with Gasteiger partial charge in [-0.3, -0.25) is 45.1 Å². The van der Waals surface area contributed by atoms with E-state index in [2.05, 4.69) is 234 Å². The summed E-state index contributed by atoms with van der Waals surface area (Å²) >= 11 is 0. The SMILES string of the molecule is CC(C)c1[nH]nc2cccnc12.CC(C)c1cc2c(cn1)C=CC2.CC(C)c1cc2c(cn1)C=NC2.CC(C)c1cc2cc[nH]c2cn1.CC(C)c1cc2cn[nH]c2cn1.CC(C)c1ccccn1.CC(C)c1ncccn1.CC(C)n1ncc2cccnc21. The van der Waals surface area contributed by atoms with Crippen molar-refractivity contribution in [3.05, 3.63) is 222 Å². The standard InChI is InChI=1S/C11H13N.2C10H12N2.3C9H11N3.C8H11N.C7H10N2/c1-8(2)11-6-9-4-3-5-10(9)7-12-11;1-7(2)10-3-8-4-11-5-9(8)6-12-10;1-7(2)9-5-8-3-4-11-10(8)6-12-9;1-6(2)8-3-7-4-11-12-9(7)5-10-8;1-7(2)12-9-8(6-11-12)4-3-5-10-9;1-6(2)8-9-7(11-12-8)4-3-5-10-9;1-7(2)8-5-3-4-6-9-8;1-6(2)7-8-4-3-5-9-7/h3,5-8H,4H2,1-2H3;3,5-7H,4H2,1-2H3;3-7,11H,1-2H3;3-6H,1-2H3,(H,11,12);3-7H,1-2H3;3-6H,1-2H3,(H,11,12);3-7H,1-2H3;3-6H,1-2H3. The molecule has 2 aliphatic rings. The first-order valence-electron chi connectivity index (χ1n) is 31.4. The summed E-state index contributed by atoms with van der Waals surface area (Å²) < 4.78 is 1.93. The normalized spacial score (nSPS) is 11.7. The van der Waals surface area contributed by atoms with E-state index in [-0.39, 0.29) is 0 Å². The molecule has 0 aromatic carbocycles. The van der Waals surface area contributed by atoms with Gasteiger partial charge in [0.2, 0.25) is 0 Å². The lowest BCUT2D eigenvalue weighted by Crippen LogP contribution is -2.02. The molecule has 0 saturated carbocycles. The number of rotatable bonds is 8. The van der Waals surface area contributed by atoms with E-state index in [1.165, 1.54) is 39.0 Å². The first-order valence-corrected chi connectivity index (χ1v) is 31.4. The Morgan fingerprint density at radius 2 is 1.04 bits per heavy atom. The molecule has 1 aliphatic carbocycles. The second kappa shape index (κ2) is 33.7. The Balaban J connectivity index is 0.000000147. The van der Waals surface area contributed by atoms with Crippen LogP contribution in [0, 0.1) is 0 Å². The highest BCUT2D eigenvalue weighted by Gasteiger charge is 2.12. The van der Waals surface area contributed by atoms with Gasteiger partial charge >= 0.3 is 0 Å². The first-order chi connectivity index (χ1) is 43.3. The predicted molar refractivity (Wildman–Crippen MR) is 369 cm³/mol. The largest absolute Gasteiger partial charge is 0.360 e. The number of aliphatic imine (C=N–C) groups is 1. The number of hydrogen-bond donors (Lipinski definition) is 3. The maximum atomic E-state index is 4.40. The van der Waals surface area contributed by atoms with Gasteiger partial charge in [0.05, 0.1) is 48.1 Å². The minimum absolute atomic E-state index is 0.373. The minimum atomic E-state index is 0.373.